The van der Waals surface area contributed by atoms with Gasteiger partial charge in [-0.2, -0.15) is 0 Å². The minimum atomic E-state index is -3.21. The molecule has 0 amide bonds. The number of oxime groups is 1. The minimum absolute atomic E-state index is 0.0414. The Hall–Kier alpha value is -0.820. The Kier molecular flexibility index (Phi) is 5.59. The quantitative estimate of drug-likeness (QED) is 0.295. The molecule has 0 fully saturated rings. The minimum Gasteiger partial charge on any atom is -0.409 e. The van der Waals surface area contributed by atoms with Crippen LogP contribution in [0.15, 0.2) is 5.16 Å². The topological polar surface area (TPSA) is 96.0 Å². The van der Waals surface area contributed by atoms with Gasteiger partial charge in [0.2, 0.25) is 10.0 Å². The summed E-state index contributed by atoms with van der Waals surface area (Å²) < 4.78 is 24.4. The van der Waals surface area contributed by atoms with Crippen LogP contribution in [-0.4, -0.2) is 42.6 Å². The zero-order chi connectivity index (χ0) is 12.1. The lowest BCUT2D eigenvalue weighted by molar-refractivity contribution is 0.311. The zero-order valence-electron chi connectivity index (χ0n) is 9.34. The third-order valence-corrected chi connectivity index (χ3v) is 4.13. The Morgan fingerprint density at radius 2 is 2.07 bits per heavy atom. The van der Waals surface area contributed by atoms with Crippen molar-refractivity contribution in [2.45, 2.75) is 20.8 Å². The lowest BCUT2D eigenvalue weighted by atomic mass is 10.1. The summed E-state index contributed by atoms with van der Waals surface area (Å²) in [5.74, 6) is -0.194. The van der Waals surface area contributed by atoms with Crippen molar-refractivity contribution in [3.8, 4) is 0 Å². The lowest BCUT2D eigenvalue weighted by Gasteiger charge is -2.22. The van der Waals surface area contributed by atoms with Gasteiger partial charge in [-0.3, -0.25) is 0 Å². The predicted molar refractivity (Wildman–Crippen MR) is 59.3 cm³/mol. The molecule has 0 spiro atoms. The molecule has 6 nitrogen and oxygen atoms in total. The van der Waals surface area contributed by atoms with Gasteiger partial charge in [0.05, 0.1) is 5.75 Å². The normalized spacial score (nSPS) is 15.6. The fourth-order valence-electron chi connectivity index (χ4n) is 1.12. The molecular formula is C8H19N3O3S. The summed E-state index contributed by atoms with van der Waals surface area (Å²) in [6.45, 7) is 5.68. The van der Waals surface area contributed by atoms with Gasteiger partial charge in [-0.1, -0.05) is 19.0 Å². The Bertz CT molecular complexity index is 313. The van der Waals surface area contributed by atoms with E-state index in [-0.39, 0.29) is 24.1 Å². The van der Waals surface area contributed by atoms with Crippen LogP contribution < -0.4 is 5.73 Å². The molecule has 0 bridgehead atoms. The smallest absolute Gasteiger partial charge is 0.213 e. The van der Waals surface area contributed by atoms with Gasteiger partial charge in [0.25, 0.3) is 0 Å². The summed E-state index contributed by atoms with van der Waals surface area (Å²) in [5.41, 5.74) is 5.38. The first-order valence-electron chi connectivity index (χ1n) is 4.84. The van der Waals surface area contributed by atoms with E-state index in [0.29, 0.717) is 6.54 Å². The molecule has 1 atom stereocenters. The third-order valence-electron chi connectivity index (χ3n) is 2.21. The van der Waals surface area contributed by atoms with Gasteiger partial charge in [-0.05, 0) is 6.92 Å². The number of hydrogen-bond acceptors (Lipinski definition) is 4. The van der Waals surface area contributed by atoms with E-state index in [4.69, 9.17) is 10.9 Å². The maximum atomic E-state index is 11.6. The lowest BCUT2D eigenvalue weighted by Crippen LogP contribution is -2.39. The van der Waals surface area contributed by atoms with E-state index in [1.165, 1.54) is 4.31 Å². The molecule has 0 aliphatic carbocycles. The van der Waals surface area contributed by atoms with Gasteiger partial charge in [0.1, 0.15) is 5.84 Å². The van der Waals surface area contributed by atoms with Crippen molar-refractivity contribution in [1.29, 1.82) is 0 Å². The Morgan fingerprint density at radius 1 is 1.53 bits per heavy atom. The van der Waals surface area contributed by atoms with Crippen LogP contribution in [0.5, 0.6) is 0 Å². The maximum Gasteiger partial charge on any atom is 0.213 e. The average molecular weight is 237 g/mol. The van der Waals surface area contributed by atoms with E-state index in [1.807, 2.05) is 0 Å². The monoisotopic (exact) mass is 237 g/mol. The van der Waals surface area contributed by atoms with Gasteiger partial charge in [0, 0.05) is 19.0 Å². The Labute approximate surface area is 90.8 Å². The summed E-state index contributed by atoms with van der Waals surface area (Å²) in [6.07, 6.45) is 0. The molecule has 0 aromatic carbocycles. The van der Waals surface area contributed by atoms with E-state index in [9.17, 15) is 8.42 Å². The molecule has 90 valence electrons. The number of sulfonamides is 1. The van der Waals surface area contributed by atoms with Gasteiger partial charge >= 0.3 is 0 Å². The fourth-order valence-corrected chi connectivity index (χ4v) is 2.33. The molecule has 0 rings (SSSR count). The molecule has 0 aliphatic rings. The zero-order valence-corrected chi connectivity index (χ0v) is 10.2. The number of nitrogens with zero attached hydrogens (tertiary/aromatic N) is 2. The van der Waals surface area contributed by atoms with Crippen LogP contribution in [0.3, 0.4) is 0 Å². The Balaban J connectivity index is 4.62. The molecule has 0 aromatic heterocycles. The number of hydrogen-bond donors (Lipinski definition) is 2. The van der Waals surface area contributed by atoms with Crippen LogP contribution in [0.25, 0.3) is 0 Å². The molecule has 0 heterocycles. The van der Waals surface area contributed by atoms with Crippen LogP contribution in [-0.2, 0) is 10.0 Å². The molecule has 0 saturated heterocycles. The van der Waals surface area contributed by atoms with Crippen LogP contribution in [0, 0.1) is 5.92 Å². The van der Waals surface area contributed by atoms with Crippen molar-refractivity contribution in [1.82, 2.24) is 4.31 Å². The number of rotatable bonds is 6. The second kappa shape index (κ2) is 5.92. The third kappa shape index (κ3) is 4.05. The van der Waals surface area contributed by atoms with E-state index in [2.05, 4.69) is 5.16 Å². The molecule has 0 aromatic rings. The first-order valence-corrected chi connectivity index (χ1v) is 6.45. The van der Waals surface area contributed by atoms with Crippen LogP contribution in [0.4, 0.5) is 0 Å². The predicted octanol–water partition coefficient (Wildman–Crippen LogP) is 0.0405. The van der Waals surface area contributed by atoms with E-state index < -0.39 is 10.0 Å². The fraction of sp³-hybridized carbons (Fsp3) is 0.875. The average Bonchev–Trinajstić information content (AvgIpc) is 2.23. The van der Waals surface area contributed by atoms with Crippen LogP contribution >= 0.6 is 0 Å². The van der Waals surface area contributed by atoms with E-state index >= 15 is 0 Å². The molecule has 1 unspecified atom stereocenters. The standard InChI is InChI=1S/C8H19N3O3S/c1-4-11(15(13,14)5-2)6-7(3)8(9)10-12/h7,12H,4-6H2,1-3H3,(H2,9,10). The summed E-state index contributed by atoms with van der Waals surface area (Å²) in [6, 6.07) is 0. The second-order valence-corrected chi connectivity index (χ2v) is 5.53. The summed E-state index contributed by atoms with van der Waals surface area (Å²) >= 11 is 0. The van der Waals surface area contributed by atoms with Crippen molar-refractivity contribution in [3.05, 3.63) is 0 Å². The van der Waals surface area contributed by atoms with Crippen LogP contribution in [0.1, 0.15) is 20.8 Å². The molecule has 0 radical (unpaired) electrons. The molecule has 0 saturated carbocycles. The molecule has 3 N–H and O–H groups in total. The first kappa shape index (κ1) is 14.2. The summed E-state index contributed by atoms with van der Waals surface area (Å²) in [5, 5.41) is 11.3. The molecular weight excluding hydrogens is 218 g/mol. The summed E-state index contributed by atoms with van der Waals surface area (Å²) in [7, 11) is -3.21. The van der Waals surface area contributed by atoms with Gasteiger partial charge < -0.3 is 10.9 Å². The van der Waals surface area contributed by atoms with Gasteiger partial charge in [-0.15, -0.1) is 0 Å². The molecule has 15 heavy (non-hydrogen) atoms. The van der Waals surface area contributed by atoms with Crippen LogP contribution in [0.2, 0.25) is 0 Å². The van der Waals surface area contributed by atoms with E-state index in [1.54, 1.807) is 20.8 Å². The van der Waals surface area contributed by atoms with Crippen molar-refractivity contribution in [2.75, 3.05) is 18.8 Å². The highest BCUT2D eigenvalue weighted by atomic mass is 32.2. The number of amidine groups is 1. The van der Waals surface area contributed by atoms with Crippen molar-refractivity contribution >= 4 is 15.9 Å². The Morgan fingerprint density at radius 3 is 2.40 bits per heavy atom. The highest BCUT2D eigenvalue weighted by Gasteiger charge is 2.21. The maximum absolute atomic E-state index is 11.6. The molecule has 0 aliphatic heterocycles. The summed E-state index contributed by atoms with van der Waals surface area (Å²) in [4.78, 5) is 0. The van der Waals surface area contributed by atoms with Crippen molar-refractivity contribution in [2.24, 2.45) is 16.8 Å². The van der Waals surface area contributed by atoms with Crippen molar-refractivity contribution < 1.29 is 13.6 Å². The van der Waals surface area contributed by atoms with Crippen molar-refractivity contribution in [3.63, 3.8) is 0 Å². The largest absolute Gasteiger partial charge is 0.409 e. The number of nitrogens with two attached hydrogens (primary N) is 1. The SMILES string of the molecule is CCN(CC(C)C(N)=NO)S(=O)(=O)CC. The highest BCUT2D eigenvalue weighted by Crippen LogP contribution is 2.06. The van der Waals surface area contributed by atoms with Gasteiger partial charge in [0.15, 0.2) is 0 Å². The molecule has 7 heteroatoms. The second-order valence-electron chi connectivity index (χ2n) is 3.28. The first-order chi connectivity index (χ1) is 6.88. The van der Waals surface area contributed by atoms with Gasteiger partial charge in [-0.25, -0.2) is 12.7 Å². The highest BCUT2D eigenvalue weighted by molar-refractivity contribution is 7.89. The van der Waals surface area contributed by atoms with E-state index in [0.717, 1.165) is 0 Å².